The van der Waals surface area contributed by atoms with Gasteiger partial charge in [-0.05, 0) is 41.3 Å². The van der Waals surface area contributed by atoms with Gasteiger partial charge in [-0.2, -0.15) is 13.2 Å². The van der Waals surface area contributed by atoms with Crippen molar-refractivity contribution in [2.75, 3.05) is 13.1 Å². The molecule has 0 radical (unpaired) electrons. The molecule has 4 rings (SSSR count). The van der Waals surface area contributed by atoms with Crippen LogP contribution in [0, 0.1) is 0 Å². The molecule has 0 aromatic heterocycles. The van der Waals surface area contributed by atoms with Gasteiger partial charge in [-0.3, -0.25) is 9.59 Å². The molecule has 0 spiro atoms. The second-order valence-electron chi connectivity index (χ2n) is 8.65. The number of carbonyl (C=O) groups excluding carboxylic acids is 2. The molecule has 7 nitrogen and oxygen atoms in total. The molecule has 3 aromatic rings. The number of fused-ring (bicyclic) bond motifs is 1. The predicted octanol–water partition coefficient (Wildman–Crippen LogP) is 3.98. The number of rotatable bonds is 7. The standard InChI is InChI=1S/C25H27N3O2.C2HF3O2/c1-17(21-12-6-9-18-7-2-4-10-22(18)21)27-25(30)23-11-5-3-8-19(23)13-14-24(29)28-20-15-26-16-20;3-2(4,5)1(6)7/h2-12,17,20,26H,13-16H2,1H3,(H,27,30)(H,28,29);(H,6,7)/t17-;/m1./s1. The van der Waals surface area contributed by atoms with Crippen LogP contribution >= 0.6 is 0 Å². The molecule has 1 aliphatic heterocycles. The normalized spacial score (nSPS) is 14.1. The first-order valence-corrected chi connectivity index (χ1v) is 11.7. The Kier molecular flexibility index (Phi) is 9.24. The van der Waals surface area contributed by atoms with Crippen molar-refractivity contribution in [1.82, 2.24) is 16.0 Å². The topological polar surface area (TPSA) is 108 Å². The largest absolute Gasteiger partial charge is 0.490 e. The fraction of sp³-hybridized carbons (Fsp3) is 0.296. The van der Waals surface area contributed by atoms with Crippen molar-refractivity contribution in [1.29, 1.82) is 0 Å². The maximum atomic E-state index is 13.0. The van der Waals surface area contributed by atoms with Gasteiger partial charge in [-0.25, -0.2) is 4.79 Å². The van der Waals surface area contributed by atoms with E-state index in [4.69, 9.17) is 9.90 Å². The van der Waals surface area contributed by atoms with Gasteiger partial charge in [-0.15, -0.1) is 0 Å². The highest BCUT2D eigenvalue weighted by molar-refractivity contribution is 5.96. The number of nitrogens with one attached hydrogen (secondary N) is 3. The fourth-order valence-corrected chi connectivity index (χ4v) is 3.88. The second-order valence-corrected chi connectivity index (χ2v) is 8.65. The summed E-state index contributed by atoms with van der Waals surface area (Å²) in [5, 5.41) is 18.7. The van der Waals surface area contributed by atoms with Gasteiger partial charge in [0.05, 0.1) is 12.1 Å². The number of carboxylic acids is 1. The summed E-state index contributed by atoms with van der Waals surface area (Å²) in [5.74, 6) is -2.84. The van der Waals surface area contributed by atoms with Gasteiger partial charge in [0.25, 0.3) is 5.91 Å². The van der Waals surface area contributed by atoms with Crippen LogP contribution in [0.15, 0.2) is 66.7 Å². The van der Waals surface area contributed by atoms with Crippen LogP contribution in [0.2, 0.25) is 0 Å². The zero-order valence-corrected chi connectivity index (χ0v) is 20.1. The number of amides is 2. The van der Waals surface area contributed by atoms with Gasteiger partial charge < -0.3 is 21.1 Å². The van der Waals surface area contributed by atoms with Gasteiger partial charge >= 0.3 is 12.1 Å². The van der Waals surface area contributed by atoms with Crippen LogP contribution in [-0.4, -0.2) is 48.2 Å². The predicted molar refractivity (Wildman–Crippen MR) is 133 cm³/mol. The molecule has 196 valence electrons. The maximum absolute atomic E-state index is 13.0. The highest BCUT2D eigenvalue weighted by Gasteiger charge is 2.38. The van der Waals surface area contributed by atoms with Crippen molar-refractivity contribution in [2.45, 2.75) is 38.0 Å². The van der Waals surface area contributed by atoms with Crippen LogP contribution in [0.3, 0.4) is 0 Å². The van der Waals surface area contributed by atoms with E-state index in [2.05, 4.69) is 40.2 Å². The smallest absolute Gasteiger partial charge is 0.475 e. The molecule has 37 heavy (non-hydrogen) atoms. The molecule has 1 saturated heterocycles. The number of aliphatic carboxylic acids is 1. The molecule has 1 atom stereocenters. The third-order valence-corrected chi connectivity index (χ3v) is 5.91. The summed E-state index contributed by atoms with van der Waals surface area (Å²) in [4.78, 5) is 34.1. The van der Waals surface area contributed by atoms with Crippen LogP contribution < -0.4 is 16.0 Å². The molecule has 0 aliphatic carbocycles. The Morgan fingerprint density at radius 3 is 2.27 bits per heavy atom. The third kappa shape index (κ3) is 7.78. The number of hydrogen-bond donors (Lipinski definition) is 4. The minimum atomic E-state index is -5.08. The van der Waals surface area contributed by atoms with E-state index in [1.54, 1.807) is 0 Å². The molecule has 10 heteroatoms. The first-order chi connectivity index (χ1) is 17.6. The lowest BCUT2D eigenvalue weighted by molar-refractivity contribution is -0.192. The van der Waals surface area contributed by atoms with Crippen molar-refractivity contribution < 1.29 is 32.7 Å². The Labute approximate surface area is 212 Å². The zero-order valence-electron chi connectivity index (χ0n) is 20.1. The maximum Gasteiger partial charge on any atom is 0.490 e. The number of benzene rings is 3. The van der Waals surface area contributed by atoms with E-state index in [0.717, 1.165) is 35.0 Å². The number of halogens is 3. The Bertz CT molecular complexity index is 1250. The van der Waals surface area contributed by atoms with Gasteiger partial charge in [0.15, 0.2) is 0 Å². The van der Waals surface area contributed by atoms with Crippen LogP contribution in [0.25, 0.3) is 10.8 Å². The second kappa shape index (κ2) is 12.4. The molecular weight excluding hydrogens is 487 g/mol. The molecule has 0 saturated carbocycles. The van der Waals surface area contributed by atoms with Crippen molar-refractivity contribution >= 4 is 28.6 Å². The number of carbonyl (C=O) groups is 3. The van der Waals surface area contributed by atoms with Crippen molar-refractivity contribution in [3.8, 4) is 0 Å². The first-order valence-electron chi connectivity index (χ1n) is 11.7. The number of aryl methyl sites for hydroxylation is 1. The van der Waals surface area contributed by atoms with E-state index in [-0.39, 0.29) is 23.9 Å². The molecule has 2 amide bonds. The Balaban J connectivity index is 0.000000479. The monoisotopic (exact) mass is 515 g/mol. The first kappa shape index (κ1) is 27.7. The molecule has 0 unspecified atom stereocenters. The summed E-state index contributed by atoms with van der Waals surface area (Å²) >= 11 is 0. The minimum Gasteiger partial charge on any atom is -0.475 e. The summed E-state index contributed by atoms with van der Waals surface area (Å²) < 4.78 is 31.7. The number of hydrogen-bond acceptors (Lipinski definition) is 4. The molecule has 0 bridgehead atoms. The lowest BCUT2D eigenvalue weighted by Gasteiger charge is -2.28. The average Bonchev–Trinajstić information content (AvgIpc) is 2.84. The molecule has 1 fully saturated rings. The molecule has 1 aliphatic rings. The zero-order chi connectivity index (χ0) is 27.0. The summed E-state index contributed by atoms with van der Waals surface area (Å²) in [6.45, 7) is 3.66. The van der Waals surface area contributed by atoms with Crippen molar-refractivity contribution in [3.63, 3.8) is 0 Å². The van der Waals surface area contributed by atoms with Crippen LogP contribution in [-0.2, 0) is 16.0 Å². The van der Waals surface area contributed by atoms with E-state index in [9.17, 15) is 22.8 Å². The highest BCUT2D eigenvalue weighted by Crippen LogP contribution is 2.24. The lowest BCUT2D eigenvalue weighted by Crippen LogP contribution is -2.56. The summed E-state index contributed by atoms with van der Waals surface area (Å²) in [6.07, 6.45) is -4.17. The van der Waals surface area contributed by atoms with Crippen LogP contribution in [0.4, 0.5) is 13.2 Å². The van der Waals surface area contributed by atoms with E-state index < -0.39 is 12.1 Å². The van der Waals surface area contributed by atoms with E-state index in [0.29, 0.717) is 18.4 Å². The van der Waals surface area contributed by atoms with Crippen LogP contribution in [0.1, 0.15) is 40.9 Å². The number of alkyl halides is 3. The third-order valence-electron chi connectivity index (χ3n) is 5.91. The van der Waals surface area contributed by atoms with Gasteiger partial charge in [0.1, 0.15) is 0 Å². The van der Waals surface area contributed by atoms with Gasteiger partial charge in [-0.1, -0.05) is 60.7 Å². The summed E-state index contributed by atoms with van der Waals surface area (Å²) in [6, 6.07) is 22.0. The van der Waals surface area contributed by atoms with Gasteiger partial charge in [0.2, 0.25) is 5.91 Å². The van der Waals surface area contributed by atoms with Crippen LogP contribution in [0.5, 0.6) is 0 Å². The molecule has 4 N–H and O–H groups in total. The van der Waals surface area contributed by atoms with Crippen molar-refractivity contribution in [2.24, 2.45) is 0 Å². The molecule has 1 heterocycles. The minimum absolute atomic E-state index is 0.0286. The molecule has 3 aromatic carbocycles. The highest BCUT2D eigenvalue weighted by atomic mass is 19.4. The van der Waals surface area contributed by atoms with E-state index >= 15 is 0 Å². The fourth-order valence-electron chi connectivity index (χ4n) is 3.88. The Morgan fingerprint density at radius 1 is 1.00 bits per heavy atom. The summed E-state index contributed by atoms with van der Waals surface area (Å²) in [7, 11) is 0. The average molecular weight is 516 g/mol. The van der Waals surface area contributed by atoms with E-state index in [1.807, 2.05) is 49.4 Å². The van der Waals surface area contributed by atoms with E-state index in [1.165, 1.54) is 0 Å². The van der Waals surface area contributed by atoms with Crippen molar-refractivity contribution in [3.05, 3.63) is 83.4 Å². The lowest BCUT2D eigenvalue weighted by atomic mass is 9.98. The summed E-state index contributed by atoms with van der Waals surface area (Å²) in [5.41, 5.74) is 2.61. The quantitative estimate of drug-likeness (QED) is 0.381. The number of carboxylic acid groups (broad SMARTS) is 1. The SMILES string of the molecule is C[C@@H](NC(=O)c1ccccc1CCC(=O)NC1CNC1)c1cccc2ccccc12.O=C(O)C(F)(F)F. The Morgan fingerprint density at radius 2 is 1.62 bits per heavy atom. The van der Waals surface area contributed by atoms with Gasteiger partial charge in [0, 0.05) is 25.1 Å². The Hall–Kier alpha value is -3.92. The molecular formula is C27H28F3N3O4.